The van der Waals surface area contributed by atoms with Crippen LogP contribution in [0.2, 0.25) is 0 Å². The number of ether oxygens (including phenoxy) is 1. The molecule has 6 nitrogen and oxygen atoms in total. The number of benzene rings is 3. The number of nitrogens with one attached hydrogen (secondary N) is 2. The van der Waals surface area contributed by atoms with Gasteiger partial charge in [0.05, 0.1) is 16.3 Å². The van der Waals surface area contributed by atoms with E-state index in [4.69, 9.17) is 4.74 Å². The fourth-order valence-electron chi connectivity index (χ4n) is 2.60. The average Bonchev–Trinajstić information content (AvgIpc) is 2.74. The van der Waals surface area contributed by atoms with Crippen LogP contribution in [0.3, 0.4) is 0 Å². The summed E-state index contributed by atoms with van der Waals surface area (Å²) in [6.07, 6.45) is -4.56. The van der Waals surface area contributed by atoms with Crippen molar-refractivity contribution in [2.45, 2.75) is 11.1 Å². The van der Waals surface area contributed by atoms with Crippen molar-refractivity contribution >= 4 is 27.3 Å². The largest absolute Gasteiger partial charge is 0.482 e. The third kappa shape index (κ3) is 5.97. The second-order valence-corrected chi connectivity index (χ2v) is 8.15. The number of rotatable bonds is 7. The molecule has 2 N–H and O–H groups in total. The van der Waals surface area contributed by atoms with E-state index in [2.05, 4.69) is 10.0 Å². The van der Waals surface area contributed by atoms with Crippen LogP contribution in [0, 0.1) is 5.82 Å². The first kappa shape index (κ1) is 23.1. The Morgan fingerprint density at radius 2 is 1.56 bits per heavy atom. The summed E-state index contributed by atoms with van der Waals surface area (Å²) in [6, 6.07) is 15.5. The average molecular weight is 468 g/mol. The van der Waals surface area contributed by atoms with E-state index < -0.39 is 34.5 Å². The zero-order chi connectivity index (χ0) is 23.4. The molecular weight excluding hydrogens is 452 g/mol. The van der Waals surface area contributed by atoms with Gasteiger partial charge in [-0.05, 0) is 42.5 Å². The second kappa shape index (κ2) is 9.27. The maximum absolute atomic E-state index is 13.8. The minimum absolute atomic E-state index is 0.0282. The van der Waals surface area contributed by atoms with Crippen molar-refractivity contribution in [3.63, 3.8) is 0 Å². The molecule has 0 fully saturated rings. The fraction of sp³-hybridized carbons (Fsp3) is 0.0952. The first-order valence-corrected chi connectivity index (χ1v) is 10.5. The Labute approximate surface area is 180 Å². The number of carbonyl (C=O) groups excluding carboxylic acids is 1. The van der Waals surface area contributed by atoms with Crippen LogP contribution in [0.25, 0.3) is 0 Å². The van der Waals surface area contributed by atoms with Crippen LogP contribution in [0.15, 0.2) is 77.7 Å². The predicted octanol–water partition coefficient (Wildman–Crippen LogP) is 4.82. The SMILES string of the molecule is O=C(Nc1ccccc1OCC(F)(F)F)c1cccc(S(=O)(=O)Nc2ccccc2F)c1. The quantitative estimate of drug-likeness (QED) is 0.487. The first-order chi connectivity index (χ1) is 15.0. The molecule has 0 atom stereocenters. The molecule has 0 unspecified atom stereocenters. The number of hydrogen-bond donors (Lipinski definition) is 2. The van der Waals surface area contributed by atoms with E-state index in [0.717, 1.165) is 12.1 Å². The molecular formula is C21H16F4N2O4S. The van der Waals surface area contributed by atoms with E-state index >= 15 is 0 Å². The van der Waals surface area contributed by atoms with Gasteiger partial charge in [0.2, 0.25) is 0 Å². The van der Waals surface area contributed by atoms with Crippen LogP contribution >= 0.6 is 0 Å². The van der Waals surface area contributed by atoms with E-state index in [1.165, 1.54) is 60.7 Å². The van der Waals surface area contributed by atoms with Crippen molar-refractivity contribution in [1.29, 1.82) is 0 Å². The maximum atomic E-state index is 13.8. The monoisotopic (exact) mass is 468 g/mol. The molecule has 3 aromatic rings. The third-order valence-electron chi connectivity index (χ3n) is 4.05. The molecule has 0 aliphatic rings. The van der Waals surface area contributed by atoms with Gasteiger partial charge in [0.1, 0.15) is 11.6 Å². The zero-order valence-corrected chi connectivity index (χ0v) is 17.0. The van der Waals surface area contributed by atoms with Crippen molar-refractivity contribution in [3.05, 3.63) is 84.2 Å². The molecule has 3 aromatic carbocycles. The molecule has 0 saturated carbocycles. The number of hydrogen-bond acceptors (Lipinski definition) is 4. The first-order valence-electron chi connectivity index (χ1n) is 9.02. The Morgan fingerprint density at radius 1 is 0.906 bits per heavy atom. The Balaban J connectivity index is 1.80. The van der Waals surface area contributed by atoms with Gasteiger partial charge in [-0.1, -0.05) is 30.3 Å². The Hall–Kier alpha value is -3.60. The minimum Gasteiger partial charge on any atom is -0.482 e. The molecule has 0 aliphatic carbocycles. The second-order valence-electron chi connectivity index (χ2n) is 6.47. The van der Waals surface area contributed by atoms with Gasteiger partial charge in [0.25, 0.3) is 15.9 Å². The molecule has 0 spiro atoms. The third-order valence-corrected chi connectivity index (χ3v) is 5.41. The van der Waals surface area contributed by atoms with Gasteiger partial charge in [-0.2, -0.15) is 13.2 Å². The lowest BCUT2D eigenvalue weighted by molar-refractivity contribution is -0.153. The maximum Gasteiger partial charge on any atom is 0.422 e. The number of carbonyl (C=O) groups is 1. The van der Waals surface area contributed by atoms with Gasteiger partial charge in [-0.25, -0.2) is 12.8 Å². The van der Waals surface area contributed by atoms with Crippen molar-refractivity contribution in [2.24, 2.45) is 0 Å². The lowest BCUT2D eigenvalue weighted by Crippen LogP contribution is -2.20. The van der Waals surface area contributed by atoms with E-state index in [0.29, 0.717) is 0 Å². The highest BCUT2D eigenvalue weighted by Gasteiger charge is 2.29. The highest BCUT2D eigenvalue weighted by atomic mass is 32.2. The lowest BCUT2D eigenvalue weighted by atomic mass is 10.2. The molecule has 168 valence electrons. The van der Waals surface area contributed by atoms with Crippen LogP contribution in [0.5, 0.6) is 5.75 Å². The number of anilines is 2. The van der Waals surface area contributed by atoms with E-state index in [9.17, 15) is 30.8 Å². The van der Waals surface area contributed by atoms with Gasteiger partial charge in [-0.3, -0.25) is 9.52 Å². The highest BCUT2D eigenvalue weighted by molar-refractivity contribution is 7.92. The van der Waals surface area contributed by atoms with Crippen molar-refractivity contribution in [2.75, 3.05) is 16.6 Å². The van der Waals surface area contributed by atoms with Crippen LogP contribution < -0.4 is 14.8 Å². The summed E-state index contributed by atoms with van der Waals surface area (Å²) in [5.41, 5.74) is -0.385. The number of alkyl halides is 3. The van der Waals surface area contributed by atoms with Gasteiger partial charge in [-0.15, -0.1) is 0 Å². The van der Waals surface area contributed by atoms with Gasteiger partial charge in [0, 0.05) is 5.56 Å². The summed E-state index contributed by atoms with van der Waals surface area (Å²) in [7, 11) is -4.22. The number of halogens is 4. The molecule has 0 radical (unpaired) electrons. The topological polar surface area (TPSA) is 84.5 Å². The molecule has 32 heavy (non-hydrogen) atoms. The van der Waals surface area contributed by atoms with Gasteiger partial charge >= 0.3 is 6.18 Å². The normalized spacial score (nSPS) is 11.6. The summed E-state index contributed by atoms with van der Waals surface area (Å²) < 4.78 is 83.1. The van der Waals surface area contributed by atoms with Crippen molar-refractivity contribution < 1.29 is 35.5 Å². The van der Waals surface area contributed by atoms with Crippen LogP contribution in [-0.2, 0) is 10.0 Å². The molecule has 3 rings (SSSR count). The standard InChI is InChI=1S/C21H16F4N2O4S/c22-16-8-1-2-9-17(16)27-32(29,30)15-7-5-6-14(12-15)20(28)26-18-10-3-4-11-19(18)31-13-21(23,24)25/h1-12,27H,13H2,(H,26,28). The Bertz CT molecular complexity index is 1230. The molecule has 0 aliphatic heterocycles. The van der Waals surface area contributed by atoms with Crippen molar-refractivity contribution in [1.82, 2.24) is 0 Å². The Kier molecular flexibility index (Phi) is 6.68. The molecule has 0 bridgehead atoms. The summed E-state index contributed by atoms with van der Waals surface area (Å²) in [5, 5.41) is 2.39. The number of amides is 1. The zero-order valence-electron chi connectivity index (χ0n) is 16.2. The smallest absolute Gasteiger partial charge is 0.422 e. The highest BCUT2D eigenvalue weighted by Crippen LogP contribution is 2.27. The van der Waals surface area contributed by atoms with Crippen LogP contribution in [-0.4, -0.2) is 27.1 Å². The number of para-hydroxylation sites is 3. The van der Waals surface area contributed by atoms with Crippen LogP contribution in [0.1, 0.15) is 10.4 Å². The van der Waals surface area contributed by atoms with E-state index in [1.807, 2.05) is 0 Å². The van der Waals surface area contributed by atoms with Crippen LogP contribution in [0.4, 0.5) is 28.9 Å². The molecule has 0 heterocycles. The fourth-order valence-corrected chi connectivity index (χ4v) is 3.71. The van der Waals surface area contributed by atoms with Crippen molar-refractivity contribution in [3.8, 4) is 5.75 Å². The summed E-state index contributed by atoms with van der Waals surface area (Å²) >= 11 is 0. The molecule has 0 saturated heterocycles. The van der Waals surface area contributed by atoms with E-state index in [-0.39, 0.29) is 27.6 Å². The molecule has 1 amide bonds. The van der Waals surface area contributed by atoms with E-state index in [1.54, 1.807) is 0 Å². The Morgan fingerprint density at radius 3 is 2.25 bits per heavy atom. The number of sulfonamides is 1. The predicted molar refractivity (Wildman–Crippen MR) is 110 cm³/mol. The summed E-state index contributed by atoms with van der Waals surface area (Å²) in [6.45, 7) is -1.55. The molecule has 11 heteroatoms. The lowest BCUT2D eigenvalue weighted by Gasteiger charge is -2.14. The molecule has 0 aromatic heterocycles. The summed E-state index contributed by atoms with van der Waals surface area (Å²) in [5.74, 6) is -1.76. The van der Waals surface area contributed by atoms with Gasteiger partial charge in [0.15, 0.2) is 6.61 Å². The summed E-state index contributed by atoms with van der Waals surface area (Å²) in [4.78, 5) is 12.3. The van der Waals surface area contributed by atoms with Gasteiger partial charge < -0.3 is 10.1 Å². The minimum atomic E-state index is -4.56.